The molecule has 0 saturated carbocycles. The molecule has 1 aliphatic rings. The lowest BCUT2D eigenvalue weighted by Crippen LogP contribution is -2.47. The molecule has 0 unspecified atom stereocenters. The Labute approximate surface area is 189 Å². The molecule has 1 fully saturated rings. The smallest absolute Gasteiger partial charge is 0.255 e. The largest absolute Gasteiger partial charge is 0.340 e. The van der Waals surface area contributed by atoms with Crippen molar-refractivity contribution in [2.45, 2.75) is 20.4 Å². The van der Waals surface area contributed by atoms with E-state index in [-0.39, 0.29) is 11.8 Å². The lowest BCUT2D eigenvalue weighted by atomic mass is 9.99. The number of nitrogens with one attached hydrogen (secondary N) is 1. The Balaban J connectivity index is 1.33. The first kappa shape index (κ1) is 21.8. The van der Waals surface area contributed by atoms with Crippen LogP contribution in [0.1, 0.15) is 28.4 Å². The van der Waals surface area contributed by atoms with E-state index >= 15 is 0 Å². The first-order valence-electron chi connectivity index (χ1n) is 11.0. The molecule has 0 bridgehead atoms. The van der Waals surface area contributed by atoms with Gasteiger partial charge in [0.2, 0.25) is 5.91 Å². The average molecular weight is 428 g/mol. The number of carbonyl (C=O) groups is 2. The van der Waals surface area contributed by atoms with Crippen LogP contribution in [0.5, 0.6) is 0 Å². The highest BCUT2D eigenvalue weighted by Crippen LogP contribution is 2.23. The van der Waals surface area contributed by atoms with Crippen molar-refractivity contribution in [2.24, 2.45) is 0 Å². The maximum atomic E-state index is 12.7. The van der Waals surface area contributed by atoms with Gasteiger partial charge in [-0.1, -0.05) is 48.5 Å². The van der Waals surface area contributed by atoms with Gasteiger partial charge in [-0.3, -0.25) is 14.5 Å². The first-order valence-corrected chi connectivity index (χ1v) is 11.0. The Bertz CT molecular complexity index is 1080. The predicted octanol–water partition coefficient (Wildman–Crippen LogP) is 4.58. The molecule has 5 nitrogen and oxygen atoms in total. The minimum atomic E-state index is -0.116. The van der Waals surface area contributed by atoms with Gasteiger partial charge in [0.05, 0.1) is 0 Å². The van der Waals surface area contributed by atoms with Crippen LogP contribution in [0.15, 0.2) is 72.8 Å². The van der Waals surface area contributed by atoms with Gasteiger partial charge in [-0.05, 0) is 53.4 Å². The fourth-order valence-corrected chi connectivity index (χ4v) is 4.07. The van der Waals surface area contributed by atoms with Crippen LogP contribution in [0.2, 0.25) is 0 Å². The Kier molecular flexibility index (Phi) is 6.66. The van der Waals surface area contributed by atoms with E-state index in [0.29, 0.717) is 5.56 Å². The number of anilines is 1. The van der Waals surface area contributed by atoms with Crippen LogP contribution in [0.4, 0.5) is 5.69 Å². The van der Waals surface area contributed by atoms with E-state index in [1.807, 2.05) is 65.6 Å². The van der Waals surface area contributed by atoms with Gasteiger partial charge >= 0.3 is 0 Å². The van der Waals surface area contributed by atoms with Crippen molar-refractivity contribution < 1.29 is 9.59 Å². The molecule has 3 aromatic carbocycles. The molecule has 1 N–H and O–H groups in total. The average Bonchev–Trinajstić information content (AvgIpc) is 2.81. The maximum Gasteiger partial charge on any atom is 0.255 e. The van der Waals surface area contributed by atoms with Crippen LogP contribution in [0.3, 0.4) is 0 Å². The lowest BCUT2D eigenvalue weighted by Gasteiger charge is -2.34. The monoisotopic (exact) mass is 427 g/mol. The van der Waals surface area contributed by atoms with Crippen molar-refractivity contribution in [3.63, 3.8) is 0 Å². The number of benzene rings is 3. The summed E-state index contributed by atoms with van der Waals surface area (Å²) in [4.78, 5) is 28.4. The topological polar surface area (TPSA) is 52.7 Å². The van der Waals surface area contributed by atoms with Crippen molar-refractivity contribution in [2.75, 3.05) is 31.5 Å². The fraction of sp³-hybridized carbons (Fsp3) is 0.259. The Hall–Kier alpha value is -3.44. The minimum absolute atomic E-state index is 0.116. The quantitative estimate of drug-likeness (QED) is 0.649. The van der Waals surface area contributed by atoms with Crippen LogP contribution in [-0.2, 0) is 11.3 Å². The summed E-state index contributed by atoms with van der Waals surface area (Å²) in [7, 11) is 0. The molecule has 164 valence electrons. The number of aryl methyl sites for hydroxylation is 1. The van der Waals surface area contributed by atoms with Crippen LogP contribution in [0, 0.1) is 6.92 Å². The zero-order chi connectivity index (χ0) is 22.5. The maximum absolute atomic E-state index is 12.7. The summed E-state index contributed by atoms with van der Waals surface area (Å²) in [5.41, 5.74) is 6.11. The van der Waals surface area contributed by atoms with Crippen LogP contribution in [-0.4, -0.2) is 47.8 Å². The minimum Gasteiger partial charge on any atom is -0.340 e. The molecule has 2 amide bonds. The van der Waals surface area contributed by atoms with Gasteiger partial charge in [-0.2, -0.15) is 0 Å². The number of amides is 2. The number of nitrogens with zero attached hydrogens (tertiary/aromatic N) is 2. The highest BCUT2D eigenvalue weighted by atomic mass is 16.2. The van der Waals surface area contributed by atoms with Gasteiger partial charge in [0.1, 0.15) is 0 Å². The molecular formula is C27H29N3O2. The van der Waals surface area contributed by atoms with E-state index in [1.165, 1.54) is 16.7 Å². The van der Waals surface area contributed by atoms with E-state index in [0.717, 1.165) is 44.0 Å². The number of carbonyl (C=O) groups excluding carboxylic acids is 2. The summed E-state index contributed by atoms with van der Waals surface area (Å²) < 4.78 is 0. The van der Waals surface area contributed by atoms with E-state index in [1.54, 1.807) is 6.92 Å². The molecule has 32 heavy (non-hydrogen) atoms. The Morgan fingerprint density at radius 3 is 2.12 bits per heavy atom. The van der Waals surface area contributed by atoms with Crippen molar-refractivity contribution in [1.29, 1.82) is 0 Å². The second-order valence-corrected chi connectivity index (χ2v) is 8.33. The Morgan fingerprint density at radius 1 is 0.844 bits per heavy atom. The summed E-state index contributed by atoms with van der Waals surface area (Å²) in [5, 5.41) is 2.98. The lowest BCUT2D eigenvalue weighted by molar-refractivity contribution is -0.130. The van der Waals surface area contributed by atoms with Crippen molar-refractivity contribution in [3.8, 4) is 11.1 Å². The second-order valence-electron chi connectivity index (χ2n) is 8.33. The fourth-order valence-electron chi connectivity index (χ4n) is 4.07. The zero-order valence-electron chi connectivity index (χ0n) is 18.7. The van der Waals surface area contributed by atoms with Gasteiger partial charge in [-0.25, -0.2) is 0 Å². The highest BCUT2D eigenvalue weighted by Gasteiger charge is 2.18. The molecule has 5 heteroatoms. The molecular weight excluding hydrogens is 398 g/mol. The summed E-state index contributed by atoms with van der Waals surface area (Å²) in [6.07, 6.45) is 0. The summed E-state index contributed by atoms with van der Waals surface area (Å²) in [5.74, 6) is 0.0315. The molecule has 0 radical (unpaired) electrons. The third kappa shape index (κ3) is 5.24. The van der Waals surface area contributed by atoms with E-state index in [4.69, 9.17) is 0 Å². The third-order valence-corrected chi connectivity index (χ3v) is 6.04. The molecule has 1 aliphatic heterocycles. The van der Waals surface area contributed by atoms with Crippen LogP contribution in [0.25, 0.3) is 11.1 Å². The zero-order valence-corrected chi connectivity index (χ0v) is 18.7. The standard InChI is InChI=1S/C27H29N3O2/c1-20-5-3-4-6-26(20)23-9-11-24(12-10-23)27(32)28-25-13-7-22(8-14-25)19-29-15-17-30(18-16-29)21(2)31/h3-14H,15-19H2,1-2H3,(H,28,32). The second kappa shape index (κ2) is 9.79. The van der Waals surface area contributed by atoms with Gasteiger partial charge in [-0.15, -0.1) is 0 Å². The van der Waals surface area contributed by atoms with Gasteiger partial charge in [0, 0.05) is 50.9 Å². The molecule has 0 spiro atoms. The number of piperazine rings is 1. The third-order valence-electron chi connectivity index (χ3n) is 6.04. The van der Waals surface area contributed by atoms with Gasteiger partial charge < -0.3 is 10.2 Å². The Morgan fingerprint density at radius 2 is 1.50 bits per heavy atom. The molecule has 3 aromatic rings. The summed E-state index contributed by atoms with van der Waals surface area (Å²) >= 11 is 0. The predicted molar refractivity (Wildman–Crippen MR) is 129 cm³/mol. The number of hydrogen-bond donors (Lipinski definition) is 1. The highest BCUT2D eigenvalue weighted by molar-refractivity contribution is 6.04. The summed E-state index contributed by atoms with van der Waals surface area (Å²) in [6, 6.07) is 23.9. The van der Waals surface area contributed by atoms with Gasteiger partial charge in [0.25, 0.3) is 5.91 Å². The van der Waals surface area contributed by atoms with E-state index in [2.05, 4.69) is 29.3 Å². The molecule has 0 aromatic heterocycles. The molecule has 4 rings (SSSR count). The van der Waals surface area contributed by atoms with Crippen molar-refractivity contribution in [1.82, 2.24) is 9.80 Å². The number of hydrogen-bond acceptors (Lipinski definition) is 3. The molecule has 1 heterocycles. The van der Waals surface area contributed by atoms with Crippen molar-refractivity contribution >= 4 is 17.5 Å². The van der Waals surface area contributed by atoms with Crippen LogP contribution >= 0.6 is 0 Å². The van der Waals surface area contributed by atoms with E-state index < -0.39 is 0 Å². The van der Waals surface area contributed by atoms with E-state index in [9.17, 15) is 9.59 Å². The molecule has 1 saturated heterocycles. The SMILES string of the molecule is CC(=O)N1CCN(Cc2ccc(NC(=O)c3ccc(-c4ccccc4C)cc3)cc2)CC1. The van der Waals surface area contributed by atoms with Crippen LogP contribution < -0.4 is 5.32 Å². The molecule has 0 atom stereocenters. The first-order chi connectivity index (χ1) is 15.5. The van der Waals surface area contributed by atoms with Gasteiger partial charge in [0.15, 0.2) is 0 Å². The van der Waals surface area contributed by atoms with Crippen molar-refractivity contribution in [3.05, 3.63) is 89.5 Å². The number of rotatable bonds is 5. The summed E-state index contributed by atoms with van der Waals surface area (Å²) in [6.45, 7) is 7.90. The molecule has 0 aliphatic carbocycles. The normalized spacial score (nSPS) is 14.2.